The van der Waals surface area contributed by atoms with E-state index in [1.807, 2.05) is 21.0 Å². The lowest BCUT2D eigenvalue weighted by molar-refractivity contribution is -0.861. The van der Waals surface area contributed by atoms with Gasteiger partial charge in [0.1, 0.15) is 12.6 Å². The van der Waals surface area contributed by atoms with Gasteiger partial charge >= 0.3 is 0 Å². The third kappa shape index (κ3) is 5.11. The van der Waals surface area contributed by atoms with Crippen LogP contribution in [-0.2, 0) is 10.0 Å². The fourth-order valence-corrected chi connectivity index (χ4v) is 4.52. The molecule has 2 rings (SSSR count). The molecule has 0 amide bonds. The zero-order chi connectivity index (χ0) is 19.5. The van der Waals surface area contributed by atoms with Gasteiger partial charge in [-0.3, -0.25) is 4.31 Å². The fraction of sp³-hybridized carbons (Fsp3) is 0.333. The van der Waals surface area contributed by atoms with E-state index in [2.05, 4.69) is 0 Å². The van der Waals surface area contributed by atoms with E-state index in [0.29, 0.717) is 11.6 Å². The number of anilines is 1. The van der Waals surface area contributed by atoms with Gasteiger partial charge in [-0.1, -0.05) is 40.9 Å². The second-order valence-corrected chi connectivity index (χ2v) is 9.22. The molecule has 0 aliphatic heterocycles. The molecule has 2 N–H and O–H groups in total. The van der Waals surface area contributed by atoms with Gasteiger partial charge in [-0.25, -0.2) is 8.42 Å². The van der Waals surface area contributed by atoms with Crippen LogP contribution in [0.4, 0.5) is 5.69 Å². The van der Waals surface area contributed by atoms with Crippen LogP contribution in [0.5, 0.6) is 0 Å². The predicted octanol–water partition coefficient (Wildman–Crippen LogP) is 2.00. The average Bonchev–Trinajstić information content (AvgIpc) is 2.54. The number of nitrogens with zero attached hydrogens (tertiary/aromatic N) is 1. The number of nitrogens with one attached hydrogen (secondary N) is 1. The van der Waals surface area contributed by atoms with E-state index in [-0.39, 0.29) is 22.2 Å². The minimum absolute atomic E-state index is 0.124. The molecule has 0 bridgehead atoms. The second kappa shape index (κ2) is 8.59. The van der Waals surface area contributed by atoms with Crippen molar-refractivity contribution < 1.29 is 18.4 Å². The van der Waals surface area contributed by atoms with Crippen molar-refractivity contribution in [1.82, 2.24) is 0 Å². The molecule has 1 unspecified atom stereocenters. The van der Waals surface area contributed by atoms with E-state index >= 15 is 0 Å². The van der Waals surface area contributed by atoms with Crippen molar-refractivity contribution in [1.29, 1.82) is 0 Å². The molecule has 0 heterocycles. The van der Waals surface area contributed by atoms with Crippen molar-refractivity contribution >= 4 is 38.9 Å². The van der Waals surface area contributed by atoms with Crippen molar-refractivity contribution in [2.45, 2.75) is 17.9 Å². The number of aliphatic hydroxyl groups is 1. The number of quaternary nitrogens is 1. The number of sulfonamides is 1. The molecule has 26 heavy (non-hydrogen) atoms. The molecule has 0 saturated heterocycles. The van der Waals surface area contributed by atoms with Crippen LogP contribution in [0.25, 0.3) is 0 Å². The number of aryl methyl sites for hydroxylation is 1. The summed E-state index contributed by atoms with van der Waals surface area (Å²) in [5.74, 6) is 0. The van der Waals surface area contributed by atoms with Gasteiger partial charge in [-0.2, -0.15) is 0 Å². The normalized spacial score (nSPS) is 13.0. The first-order chi connectivity index (χ1) is 12.1. The summed E-state index contributed by atoms with van der Waals surface area (Å²) >= 11 is 12.3. The molecule has 0 aliphatic carbocycles. The van der Waals surface area contributed by atoms with E-state index < -0.39 is 16.1 Å². The molecule has 5 nitrogen and oxygen atoms in total. The molecule has 0 fully saturated rings. The number of halogens is 2. The minimum Gasteiger partial charge on any atom is -0.385 e. The van der Waals surface area contributed by atoms with Crippen LogP contribution in [0.15, 0.2) is 47.4 Å². The molecular formula is C18H23Cl2N2O3S+. The summed E-state index contributed by atoms with van der Waals surface area (Å²) in [6, 6.07) is 11.2. The Balaban J connectivity index is 2.52. The summed E-state index contributed by atoms with van der Waals surface area (Å²) < 4.78 is 27.6. The highest BCUT2D eigenvalue weighted by molar-refractivity contribution is 7.92. The number of rotatable bonds is 7. The molecular weight excluding hydrogens is 395 g/mol. The molecule has 0 aliphatic rings. The van der Waals surface area contributed by atoms with Crippen LogP contribution < -0.4 is 9.21 Å². The molecule has 8 heteroatoms. The summed E-state index contributed by atoms with van der Waals surface area (Å²) in [6.07, 6.45) is -0.865. The number of aliphatic hydroxyl groups excluding tert-OH is 1. The van der Waals surface area contributed by atoms with E-state index in [1.54, 1.807) is 36.4 Å². The summed E-state index contributed by atoms with van der Waals surface area (Å²) in [5.41, 5.74) is 1.19. The molecule has 0 saturated carbocycles. The van der Waals surface area contributed by atoms with Crippen LogP contribution in [0.1, 0.15) is 5.56 Å². The van der Waals surface area contributed by atoms with Crippen LogP contribution >= 0.6 is 23.2 Å². The molecule has 0 aromatic heterocycles. The molecule has 0 radical (unpaired) electrons. The number of likely N-dealkylation sites (N-methyl/N-ethyl adjacent to an activating group) is 1. The Hall–Kier alpha value is -1.31. The van der Waals surface area contributed by atoms with Crippen LogP contribution in [0.3, 0.4) is 0 Å². The van der Waals surface area contributed by atoms with Crippen LogP contribution in [0.2, 0.25) is 10.0 Å². The van der Waals surface area contributed by atoms with Gasteiger partial charge in [0.2, 0.25) is 0 Å². The highest BCUT2D eigenvalue weighted by Crippen LogP contribution is 2.33. The smallest absolute Gasteiger partial charge is 0.264 e. The molecule has 1 atom stereocenters. The van der Waals surface area contributed by atoms with Gasteiger partial charge in [-0.05, 0) is 37.3 Å². The van der Waals surface area contributed by atoms with Gasteiger partial charge in [0, 0.05) is 5.02 Å². The first-order valence-corrected chi connectivity index (χ1v) is 10.3. The Morgan fingerprint density at radius 3 is 2.31 bits per heavy atom. The summed E-state index contributed by atoms with van der Waals surface area (Å²) in [6.45, 7) is 2.14. The number of hydrogen-bond acceptors (Lipinski definition) is 3. The van der Waals surface area contributed by atoms with E-state index in [4.69, 9.17) is 23.2 Å². The predicted molar refractivity (Wildman–Crippen MR) is 106 cm³/mol. The standard InChI is InChI=1S/C18H22Cl2N2O3S/c1-13-4-7-16(8-5-13)26(24,25)22(12-15(23)11-21(2)3)18-10-14(19)6-9-17(18)20/h4-10,15,23H,11-12H2,1-3H3/p+1. The lowest BCUT2D eigenvalue weighted by Crippen LogP contribution is -3.07. The Kier molecular flexibility index (Phi) is 6.93. The first kappa shape index (κ1) is 21.0. The van der Waals surface area contributed by atoms with Gasteiger partial charge in [0.05, 0.1) is 36.2 Å². The topological polar surface area (TPSA) is 62.0 Å². The van der Waals surface area contributed by atoms with Crippen LogP contribution in [0, 0.1) is 6.92 Å². The lowest BCUT2D eigenvalue weighted by atomic mass is 10.2. The monoisotopic (exact) mass is 417 g/mol. The Labute approximate surface area is 164 Å². The average molecular weight is 418 g/mol. The Bertz CT molecular complexity index is 855. The quantitative estimate of drug-likeness (QED) is 0.723. The summed E-state index contributed by atoms with van der Waals surface area (Å²) in [5, 5.41) is 11.0. The van der Waals surface area contributed by atoms with Crippen molar-refractivity contribution in [2.75, 3.05) is 31.5 Å². The largest absolute Gasteiger partial charge is 0.385 e. The maximum Gasteiger partial charge on any atom is 0.264 e. The Morgan fingerprint density at radius 2 is 1.73 bits per heavy atom. The van der Waals surface area contributed by atoms with E-state index in [9.17, 15) is 13.5 Å². The highest BCUT2D eigenvalue weighted by atomic mass is 35.5. The molecule has 2 aromatic rings. The third-order valence-electron chi connectivity index (χ3n) is 3.81. The fourth-order valence-electron chi connectivity index (χ4n) is 2.57. The molecule has 0 spiro atoms. The van der Waals surface area contributed by atoms with Gasteiger partial charge < -0.3 is 10.0 Å². The SMILES string of the molecule is Cc1ccc(S(=O)(=O)N(CC(O)C[NH+](C)C)c2cc(Cl)ccc2Cl)cc1. The summed E-state index contributed by atoms with van der Waals surface area (Å²) in [7, 11) is -0.153. The second-order valence-electron chi connectivity index (χ2n) is 6.51. The van der Waals surface area contributed by atoms with E-state index in [1.165, 1.54) is 6.07 Å². The van der Waals surface area contributed by atoms with Crippen molar-refractivity contribution in [3.63, 3.8) is 0 Å². The number of benzene rings is 2. The van der Waals surface area contributed by atoms with Gasteiger partial charge in [-0.15, -0.1) is 0 Å². The number of hydrogen-bond donors (Lipinski definition) is 2. The van der Waals surface area contributed by atoms with Crippen molar-refractivity contribution in [3.8, 4) is 0 Å². The van der Waals surface area contributed by atoms with Gasteiger partial charge in [0.15, 0.2) is 0 Å². The van der Waals surface area contributed by atoms with Gasteiger partial charge in [0.25, 0.3) is 10.0 Å². The maximum atomic E-state index is 13.2. The van der Waals surface area contributed by atoms with Crippen molar-refractivity contribution in [3.05, 3.63) is 58.1 Å². The Morgan fingerprint density at radius 1 is 1.12 bits per heavy atom. The maximum absolute atomic E-state index is 13.2. The summed E-state index contributed by atoms with van der Waals surface area (Å²) in [4.78, 5) is 1.13. The molecule has 2 aromatic carbocycles. The zero-order valence-corrected chi connectivity index (χ0v) is 17.2. The first-order valence-electron chi connectivity index (χ1n) is 8.13. The zero-order valence-electron chi connectivity index (χ0n) is 14.9. The highest BCUT2D eigenvalue weighted by Gasteiger charge is 2.29. The van der Waals surface area contributed by atoms with E-state index in [0.717, 1.165) is 14.8 Å². The van der Waals surface area contributed by atoms with Crippen LogP contribution in [-0.4, -0.2) is 46.8 Å². The minimum atomic E-state index is -3.92. The third-order valence-corrected chi connectivity index (χ3v) is 6.15. The van der Waals surface area contributed by atoms with Crippen molar-refractivity contribution in [2.24, 2.45) is 0 Å². The molecule has 142 valence electrons. The lowest BCUT2D eigenvalue weighted by Gasteiger charge is -2.28.